The van der Waals surface area contributed by atoms with Crippen molar-refractivity contribution in [2.75, 3.05) is 32.0 Å². The van der Waals surface area contributed by atoms with Crippen LogP contribution in [0.2, 0.25) is 0 Å². The van der Waals surface area contributed by atoms with Crippen molar-refractivity contribution in [3.8, 4) is 17.2 Å². The normalized spacial score (nSPS) is 10.2. The zero-order valence-corrected chi connectivity index (χ0v) is 15.4. The number of nitrogens with one attached hydrogen (secondary N) is 2. The molecule has 2 heterocycles. The Morgan fingerprint density at radius 2 is 1.59 bits per heavy atom. The average molecular weight is 367 g/mol. The molecule has 0 aliphatic rings. The van der Waals surface area contributed by atoms with Crippen LogP contribution in [0, 0.1) is 0 Å². The topological polar surface area (TPSA) is 90.4 Å². The van der Waals surface area contributed by atoms with Gasteiger partial charge in [0, 0.05) is 43.0 Å². The number of pyridine rings is 1. The van der Waals surface area contributed by atoms with E-state index in [1.807, 2.05) is 18.2 Å². The lowest BCUT2D eigenvalue weighted by atomic mass is 10.2. The van der Waals surface area contributed by atoms with Crippen LogP contribution in [-0.2, 0) is 6.54 Å². The number of benzene rings is 1. The van der Waals surface area contributed by atoms with E-state index in [0.29, 0.717) is 35.6 Å². The lowest BCUT2D eigenvalue weighted by Crippen LogP contribution is -2.04. The maximum absolute atomic E-state index is 5.37. The molecule has 0 atom stereocenters. The maximum Gasteiger partial charge on any atom is 0.229 e. The predicted molar refractivity (Wildman–Crippen MR) is 103 cm³/mol. The molecule has 0 amide bonds. The SMILES string of the molecule is COc1cc(Nc2nccc(NCc3ccncc3)n2)cc(OC)c1OC. The Hall–Kier alpha value is -3.55. The minimum absolute atomic E-state index is 0.448. The fourth-order valence-electron chi connectivity index (χ4n) is 2.49. The number of nitrogens with zero attached hydrogens (tertiary/aromatic N) is 3. The third kappa shape index (κ3) is 4.55. The number of ether oxygens (including phenoxy) is 3. The molecule has 8 heteroatoms. The van der Waals surface area contributed by atoms with Crippen LogP contribution in [0.1, 0.15) is 5.56 Å². The molecule has 0 saturated heterocycles. The van der Waals surface area contributed by atoms with E-state index in [4.69, 9.17) is 14.2 Å². The highest BCUT2D eigenvalue weighted by Gasteiger charge is 2.13. The molecule has 2 aromatic heterocycles. The van der Waals surface area contributed by atoms with Crippen LogP contribution in [0.3, 0.4) is 0 Å². The zero-order valence-electron chi connectivity index (χ0n) is 15.4. The summed E-state index contributed by atoms with van der Waals surface area (Å²) in [5.41, 5.74) is 1.83. The van der Waals surface area contributed by atoms with Crippen LogP contribution in [0.15, 0.2) is 48.9 Å². The molecule has 0 aliphatic heterocycles. The smallest absolute Gasteiger partial charge is 0.229 e. The van der Waals surface area contributed by atoms with Gasteiger partial charge in [0.15, 0.2) is 11.5 Å². The monoisotopic (exact) mass is 367 g/mol. The molecule has 0 saturated carbocycles. The molecule has 2 N–H and O–H groups in total. The Morgan fingerprint density at radius 1 is 0.889 bits per heavy atom. The second-order valence-corrected chi connectivity index (χ2v) is 5.51. The van der Waals surface area contributed by atoms with Crippen molar-refractivity contribution in [1.29, 1.82) is 0 Å². The van der Waals surface area contributed by atoms with Crippen molar-refractivity contribution >= 4 is 17.5 Å². The first-order valence-corrected chi connectivity index (χ1v) is 8.26. The summed E-state index contributed by atoms with van der Waals surface area (Å²) in [5, 5.41) is 6.42. The lowest BCUT2D eigenvalue weighted by molar-refractivity contribution is 0.324. The van der Waals surface area contributed by atoms with E-state index in [9.17, 15) is 0 Å². The molecule has 27 heavy (non-hydrogen) atoms. The van der Waals surface area contributed by atoms with E-state index in [2.05, 4.69) is 25.6 Å². The molecular formula is C19H21N5O3. The van der Waals surface area contributed by atoms with Crippen LogP contribution in [0.5, 0.6) is 17.2 Å². The van der Waals surface area contributed by atoms with Gasteiger partial charge in [-0.3, -0.25) is 4.98 Å². The molecule has 0 fully saturated rings. The number of rotatable bonds is 8. The zero-order chi connectivity index (χ0) is 19.1. The third-order valence-corrected chi connectivity index (χ3v) is 3.80. The molecule has 0 spiro atoms. The van der Waals surface area contributed by atoms with Crippen LogP contribution < -0.4 is 24.8 Å². The first-order chi connectivity index (χ1) is 13.2. The van der Waals surface area contributed by atoms with Crippen molar-refractivity contribution in [2.45, 2.75) is 6.54 Å². The Balaban J connectivity index is 1.76. The number of hydrogen-bond acceptors (Lipinski definition) is 8. The van der Waals surface area contributed by atoms with E-state index in [1.54, 1.807) is 52.1 Å². The molecule has 3 aromatic rings. The van der Waals surface area contributed by atoms with Gasteiger partial charge in [-0.2, -0.15) is 4.98 Å². The van der Waals surface area contributed by atoms with E-state index < -0.39 is 0 Å². The molecule has 3 rings (SSSR count). The van der Waals surface area contributed by atoms with E-state index >= 15 is 0 Å². The first-order valence-electron chi connectivity index (χ1n) is 8.26. The van der Waals surface area contributed by atoms with Gasteiger partial charge < -0.3 is 24.8 Å². The highest BCUT2D eigenvalue weighted by molar-refractivity contribution is 5.66. The van der Waals surface area contributed by atoms with Crippen molar-refractivity contribution in [3.63, 3.8) is 0 Å². The molecule has 140 valence electrons. The largest absolute Gasteiger partial charge is 0.493 e. The Labute approximate surface area is 157 Å². The highest BCUT2D eigenvalue weighted by Crippen LogP contribution is 2.40. The van der Waals surface area contributed by atoms with Crippen LogP contribution in [-0.4, -0.2) is 36.3 Å². The van der Waals surface area contributed by atoms with Gasteiger partial charge in [0.2, 0.25) is 11.7 Å². The minimum Gasteiger partial charge on any atom is -0.493 e. The van der Waals surface area contributed by atoms with Crippen LogP contribution >= 0.6 is 0 Å². The quantitative estimate of drug-likeness (QED) is 0.627. The highest BCUT2D eigenvalue weighted by atomic mass is 16.5. The van der Waals surface area contributed by atoms with Crippen LogP contribution in [0.4, 0.5) is 17.5 Å². The molecule has 8 nitrogen and oxygen atoms in total. The van der Waals surface area contributed by atoms with E-state index in [0.717, 1.165) is 11.3 Å². The van der Waals surface area contributed by atoms with Crippen molar-refractivity contribution in [1.82, 2.24) is 15.0 Å². The van der Waals surface area contributed by atoms with Gasteiger partial charge in [0.25, 0.3) is 0 Å². The second-order valence-electron chi connectivity index (χ2n) is 5.51. The number of aromatic nitrogens is 3. The Morgan fingerprint density at radius 3 is 2.22 bits per heavy atom. The minimum atomic E-state index is 0.448. The summed E-state index contributed by atoms with van der Waals surface area (Å²) in [6.45, 7) is 0.642. The van der Waals surface area contributed by atoms with Gasteiger partial charge in [0.05, 0.1) is 21.3 Å². The van der Waals surface area contributed by atoms with Gasteiger partial charge in [0.1, 0.15) is 5.82 Å². The average Bonchev–Trinajstić information content (AvgIpc) is 2.72. The Bertz CT molecular complexity index is 865. The molecule has 0 bridgehead atoms. The number of anilines is 3. The Kier molecular flexibility index (Phi) is 5.88. The molecular weight excluding hydrogens is 346 g/mol. The fraction of sp³-hybridized carbons (Fsp3) is 0.211. The summed E-state index contributed by atoms with van der Waals surface area (Å²) in [7, 11) is 4.71. The predicted octanol–water partition coefficient (Wildman–Crippen LogP) is 3.25. The van der Waals surface area contributed by atoms with Gasteiger partial charge >= 0.3 is 0 Å². The van der Waals surface area contributed by atoms with Gasteiger partial charge in [-0.25, -0.2) is 4.98 Å². The van der Waals surface area contributed by atoms with Gasteiger partial charge in [-0.15, -0.1) is 0 Å². The first kappa shape index (κ1) is 18.2. The second kappa shape index (κ2) is 8.70. The van der Waals surface area contributed by atoms with E-state index in [1.165, 1.54) is 0 Å². The van der Waals surface area contributed by atoms with Gasteiger partial charge in [-0.1, -0.05) is 0 Å². The third-order valence-electron chi connectivity index (χ3n) is 3.80. The number of hydrogen-bond donors (Lipinski definition) is 2. The standard InChI is InChI=1S/C19H21N5O3/c1-25-15-10-14(11-16(26-2)18(15)27-3)23-19-21-9-6-17(24-19)22-12-13-4-7-20-8-5-13/h4-11H,12H2,1-3H3,(H2,21,22,23,24). The summed E-state index contributed by atoms with van der Waals surface area (Å²) in [5.74, 6) is 2.78. The van der Waals surface area contributed by atoms with Crippen molar-refractivity contribution in [2.24, 2.45) is 0 Å². The molecule has 0 unspecified atom stereocenters. The van der Waals surface area contributed by atoms with Crippen molar-refractivity contribution < 1.29 is 14.2 Å². The molecule has 0 aliphatic carbocycles. The summed E-state index contributed by atoms with van der Waals surface area (Å²) < 4.78 is 16.1. The molecule has 1 aromatic carbocycles. The van der Waals surface area contributed by atoms with Crippen molar-refractivity contribution in [3.05, 3.63) is 54.5 Å². The maximum atomic E-state index is 5.37. The summed E-state index contributed by atoms with van der Waals surface area (Å²) >= 11 is 0. The van der Waals surface area contributed by atoms with E-state index in [-0.39, 0.29) is 0 Å². The van der Waals surface area contributed by atoms with Gasteiger partial charge in [-0.05, 0) is 23.8 Å². The summed E-state index contributed by atoms with van der Waals surface area (Å²) in [6.07, 6.45) is 5.20. The molecule has 0 radical (unpaired) electrons. The number of methoxy groups -OCH3 is 3. The summed E-state index contributed by atoms with van der Waals surface area (Å²) in [6, 6.07) is 9.29. The summed E-state index contributed by atoms with van der Waals surface area (Å²) in [4.78, 5) is 12.7. The lowest BCUT2D eigenvalue weighted by Gasteiger charge is -2.15. The van der Waals surface area contributed by atoms with Crippen LogP contribution in [0.25, 0.3) is 0 Å². The fourth-order valence-corrected chi connectivity index (χ4v) is 2.49.